The van der Waals surface area contributed by atoms with Crippen LogP contribution in [0.15, 0.2) is 16.6 Å². The number of hydrogen-bond acceptors (Lipinski definition) is 2. The van der Waals surface area contributed by atoms with Gasteiger partial charge in [0.15, 0.2) is 0 Å². The second-order valence-electron chi connectivity index (χ2n) is 6.44. The zero-order valence-electron chi connectivity index (χ0n) is 14.1. The number of nitrogens with one attached hydrogen (secondary N) is 1. The van der Waals surface area contributed by atoms with Crippen LogP contribution in [0.2, 0.25) is 0 Å². The highest BCUT2D eigenvalue weighted by atomic mass is 79.9. The van der Waals surface area contributed by atoms with Gasteiger partial charge in [-0.1, -0.05) is 36.7 Å². The zero-order valence-corrected chi connectivity index (χ0v) is 15.7. The van der Waals surface area contributed by atoms with Crippen LogP contribution in [-0.4, -0.2) is 20.2 Å². The van der Waals surface area contributed by atoms with E-state index >= 15 is 0 Å². The maximum atomic E-state index is 5.51. The smallest absolute Gasteiger partial charge is 0.122 e. The molecule has 0 spiro atoms. The fourth-order valence-corrected chi connectivity index (χ4v) is 2.76. The Bertz CT molecular complexity index is 431. The van der Waals surface area contributed by atoms with Crippen molar-refractivity contribution < 1.29 is 4.74 Å². The minimum Gasteiger partial charge on any atom is -0.496 e. The summed E-state index contributed by atoms with van der Waals surface area (Å²) in [6.07, 6.45) is 3.52. The van der Waals surface area contributed by atoms with Crippen LogP contribution in [-0.2, 0) is 6.42 Å². The molecule has 0 bridgehead atoms. The molecule has 0 aliphatic heterocycles. The van der Waals surface area contributed by atoms with Crippen molar-refractivity contribution in [3.63, 3.8) is 0 Å². The Morgan fingerprint density at radius 1 is 1.19 bits per heavy atom. The van der Waals surface area contributed by atoms with E-state index in [0.717, 1.165) is 37.1 Å². The van der Waals surface area contributed by atoms with E-state index in [2.05, 4.69) is 61.1 Å². The Kier molecular flexibility index (Phi) is 8.35. The third-order valence-electron chi connectivity index (χ3n) is 3.83. The topological polar surface area (TPSA) is 21.3 Å². The average Bonchev–Trinajstić information content (AvgIpc) is 2.44. The summed E-state index contributed by atoms with van der Waals surface area (Å²) >= 11 is 3.62. The van der Waals surface area contributed by atoms with Gasteiger partial charge in [0.25, 0.3) is 0 Å². The molecule has 0 fully saturated rings. The Morgan fingerprint density at radius 3 is 2.52 bits per heavy atom. The van der Waals surface area contributed by atoms with Gasteiger partial charge < -0.3 is 10.1 Å². The van der Waals surface area contributed by atoms with Crippen LogP contribution in [0.4, 0.5) is 0 Å². The van der Waals surface area contributed by atoms with Crippen molar-refractivity contribution in [3.8, 4) is 5.75 Å². The maximum Gasteiger partial charge on any atom is 0.122 e. The van der Waals surface area contributed by atoms with Crippen molar-refractivity contribution >= 4 is 15.9 Å². The molecule has 1 aromatic carbocycles. The summed E-state index contributed by atoms with van der Waals surface area (Å²) in [5, 5.41) is 3.52. The molecule has 21 heavy (non-hydrogen) atoms. The van der Waals surface area contributed by atoms with E-state index in [1.165, 1.54) is 28.4 Å². The van der Waals surface area contributed by atoms with Crippen LogP contribution in [0, 0.1) is 18.8 Å². The lowest BCUT2D eigenvalue weighted by atomic mass is 9.97. The van der Waals surface area contributed by atoms with Crippen molar-refractivity contribution in [1.29, 1.82) is 0 Å². The van der Waals surface area contributed by atoms with Gasteiger partial charge in [0.05, 0.1) is 7.11 Å². The molecule has 0 aliphatic rings. The second-order valence-corrected chi connectivity index (χ2v) is 7.30. The molecule has 1 unspecified atom stereocenters. The predicted octanol–water partition coefficient (Wildman–Crippen LogP) is 4.97. The minimum absolute atomic E-state index is 0.731. The number of ether oxygens (including phenoxy) is 1. The number of benzene rings is 1. The molecule has 120 valence electrons. The molecule has 0 aliphatic carbocycles. The Labute approximate surface area is 138 Å². The normalized spacial score (nSPS) is 12.7. The summed E-state index contributed by atoms with van der Waals surface area (Å²) in [5.74, 6) is 2.48. The molecule has 0 saturated carbocycles. The van der Waals surface area contributed by atoms with E-state index < -0.39 is 0 Å². The highest BCUT2D eigenvalue weighted by molar-refractivity contribution is 9.10. The maximum absolute atomic E-state index is 5.51. The Hall–Kier alpha value is -0.540. The summed E-state index contributed by atoms with van der Waals surface area (Å²) in [6.45, 7) is 11.2. The van der Waals surface area contributed by atoms with Crippen LogP contribution < -0.4 is 10.1 Å². The number of hydrogen-bond donors (Lipinski definition) is 1. The first-order chi connectivity index (χ1) is 9.93. The molecule has 1 rings (SSSR count). The van der Waals surface area contributed by atoms with Crippen LogP contribution in [0.25, 0.3) is 0 Å². The molecule has 0 radical (unpaired) electrons. The van der Waals surface area contributed by atoms with Gasteiger partial charge in [-0.05, 0) is 74.4 Å². The summed E-state index contributed by atoms with van der Waals surface area (Å²) in [4.78, 5) is 0. The summed E-state index contributed by atoms with van der Waals surface area (Å²) < 4.78 is 6.68. The molecular formula is C18H30BrNO. The van der Waals surface area contributed by atoms with E-state index in [-0.39, 0.29) is 0 Å². The van der Waals surface area contributed by atoms with E-state index in [4.69, 9.17) is 4.74 Å². The SMILES string of the molecule is COc1cc(C)c(Br)cc1CCC(C)CCNCC(C)C. The van der Waals surface area contributed by atoms with E-state index in [1.54, 1.807) is 7.11 Å². The summed E-state index contributed by atoms with van der Waals surface area (Å²) in [7, 11) is 1.76. The minimum atomic E-state index is 0.731. The summed E-state index contributed by atoms with van der Waals surface area (Å²) in [5.41, 5.74) is 2.53. The van der Waals surface area contributed by atoms with Gasteiger partial charge >= 0.3 is 0 Å². The molecule has 0 aromatic heterocycles. The highest BCUT2D eigenvalue weighted by Crippen LogP contribution is 2.28. The molecule has 1 N–H and O–H groups in total. The lowest BCUT2D eigenvalue weighted by Crippen LogP contribution is -2.22. The number of methoxy groups -OCH3 is 1. The number of rotatable bonds is 9. The van der Waals surface area contributed by atoms with Crippen molar-refractivity contribution in [2.45, 2.75) is 47.0 Å². The largest absolute Gasteiger partial charge is 0.496 e. The van der Waals surface area contributed by atoms with Gasteiger partial charge in [0.2, 0.25) is 0 Å². The van der Waals surface area contributed by atoms with Gasteiger partial charge in [-0.15, -0.1) is 0 Å². The first kappa shape index (κ1) is 18.5. The van der Waals surface area contributed by atoms with Gasteiger partial charge in [0.1, 0.15) is 5.75 Å². The third kappa shape index (κ3) is 6.84. The molecule has 0 heterocycles. The van der Waals surface area contributed by atoms with Gasteiger partial charge in [0, 0.05) is 4.47 Å². The average molecular weight is 356 g/mol. The van der Waals surface area contributed by atoms with Crippen LogP contribution in [0.5, 0.6) is 5.75 Å². The molecule has 0 saturated heterocycles. The predicted molar refractivity (Wildman–Crippen MR) is 95.2 cm³/mol. The van der Waals surface area contributed by atoms with Crippen molar-refractivity contribution in [1.82, 2.24) is 5.32 Å². The third-order valence-corrected chi connectivity index (χ3v) is 4.69. The van der Waals surface area contributed by atoms with Crippen molar-refractivity contribution in [2.75, 3.05) is 20.2 Å². The monoisotopic (exact) mass is 355 g/mol. The van der Waals surface area contributed by atoms with E-state index in [0.29, 0.717) is 0 Å². The zero-order chi connectivity index (χ0) is 15.8. The van der Waals surface area contributed by atoms with Gasteiger partial charge in [-0.25, -0.2) is 0 Å². The quantitative estimate of drug-likeness (QED) is 0.631. The molecule has 0 amide bonds. The molecule has 1 aromatic rings. The fourth-order valence-electron chi connectivity index (χ4n) is 2.37. The van der Waals surface area contributed by atoms with E-state index in [1.807, 2.05) is 0 Å². The molecule has 3 heteroatoms. The van der Waals surface area contributed by atoms with Crippen LogP contribution in [0.1, 0.15) is 44.7 Å². The molecule has 2 nitrogen and oxygen atoms in total. The van der Waals surface area contributed by atoms with Crippen molar-refractivity contribution in [2.24, 2.45) is 11.8 Å². The lowest BCUT2D eigenvalue weighted by Gasteiger charge is -2.15. The lowest BCUT2D eigenvalue weighted by molar-refractivity contribution is 0.404. The highest BCUT2D eigenvalue weighted by Gasteiger charge is 2.09. The van der Waals surface area contributed by atoms with Gasteiger partial charge in [-0.2, -0.15) is 0 Å². The molecule has 1 atom stereocenters. The Morgan fingerprint density at radius 2 is 1.90 bits per heavy atom. The number of aryl methyl sites for hydroxylation is 2. The number of halogens is 1. The van der Waals surface area contributed by atoms with Gasteiger partial charge in [-0.3, -0.25) is 0 Å². The van der Waals surface area contributed by atoms with Crippen LogP contribution >= 0.6 is 15.9 Å². The van der Waals surface area contributed by atoms with Crippen LogP contribution in [0.3, 0.4) is 0 Å². The standard InChI is InChI=1S/C18H30BrNO/c1-13(2)12-20-9-8-14(3)6-7-16-11-17(19)15(4)10-18(16)21-5/h10-11,13-14,20H,6-9,12H2,1-5H3. The first-order valence-corrected chi connectivity index (χ1v) is 8.77. The summed E-state index contributed by atoms with van der Waals surface area (Å²) in [6, 6.07) is 4.33. The van der Waals surface area contributed by atoms with Crippen molar-refractivity contribution in [3.05, 3.63) is 27.7 Å². The molecular weight excluding hydrogens is 326 g/mol. The fraction of sp³-hybridized carbons (Fsp3) is 0.667. The second kappa shape index (κ2) is 9.47. The Balaban J connectivity index is 2.42. The first-order valence-electron chi connectivity index (χ1n) is 7.97. The van der Waals surface area contributed by atoms with E-state index in [9.17, 15) is 0 Å².